The number of nitrogens with two attached hydrogens (primary N) is 1. The van der Waals surface area contributed by atoms with E-state index in [4.69, 9.17) is 15.2 Å². The first-order valence-corrected chi connectivity index (χ1v) is 5.99. The summed E-state index contributed by atoms with van der Waals surface area (Å²) in [6.07, 6.45) is 1.71. The highest BCUT2D eigenvalue weighted by atomic mass is 16.5. The zero-order valence-corrected chi connectivity index (χ0v) is 11.0. The fourth-order valence-electron chi connectivity index (χ4n) is 1.49. The highest BCUT2D eigenvalue weighted by Crippen LogP contribution is 2.22. The van der Waals surface area contributed by atoms with Crippen molar-refractivity contribution in [3.8, 4) is 11.6 Å². The first kappa shape index (κ1) is 13.2. The molecule has 2 aromatic heterocycles. The predicted octanol–water partition coefficient (Wildman–Crippen LogP) is 2.09. The maximum atomic E-state index is 5.72. The van der Waals surface area contributed by atoms with E-state index in [-0.39, 0.29) is 0 Å². The molecule has 2 rings (SSSR count). The quantitative estimate of drug-likeness (QED) is 0.886. The number of nitrogen functional groups attached to an aromatic ring is 1. The number of hydrogen-bond acceptors (Lipinski definition) is 6. The summed E-state index contributed by atoms with van der Waals surface area (Å²) in [5, 5.41) is 0. The Balaban J connectivity index is 2.20. The van der Waals surface area contributed by atoms with Crippen molar-refractivity contribution in [1.82, 2.24) is 15.0 Å². The summed E-state index contributed by atoms with van der Waals surface area (Å²) in [5.41, 5.74) is 6.50. The normalized spacial score (nSPS) is 10.4. The molecule has 6 nitrogen and oxygen atoms in total. The van der Waals surface area contributed by atoms with Crippen LogP contribution in [0.15, 0.2) is 24.4 Å². The lowest BCUT2D eigenvalue weighted by molar-refractivity contribution is 0.128. The summed E-state index contributed by atoms with van der Waals surface area (Å²) < 4.78 is 10.9. The lowest BCUT2D eigenvalue weighted by Crippen LogP contribution is -2.04. The van der Waals surface area contributed by atoms with Crippen molar-refractivity contribution in [3.63, 3.8) is 0 Å². The van der Waals surface area contributed by atoms with Gasteiger partial charge in [-0.05, 0) is 26.0 Å². The van der Waals surface area contributed by atoms with Crippen molar-refractivity contribution < 1.29 is 9.47 Å². The molecule has 0 aliphatic rings. The van der Waals surface area contributed by atoms with E-state index in [1.807, 2.05) is 19.9 Å². The standard InChI is InChI=1S/C13H16N4O2/c1-3-18-8-12-16-11(14)7-13(17-12)19-10-5-4-6-15-9(10)2/h4-7H,3,8H2,1-2H3,(H2,14,16,17). The highest BCUT2D eigenvalue weighted by Gasteiger charge is 2.07. The van der Waals surface area contributed by atoms with Crippen molar-refractivity contribution in [1.29, 1.82) is 0 Å². The molecule has 6 heteroatoms. The average molecular weight is 260 g/mol. The number of aryl methyl sites for hydroxylation is 1. The molecule has 2 heterocycles. The minimum absolute atomic E-state index is 0.309. The number of nitrogens with zero attached hydrogens (tertiary/aromatic N) is 3. The van der Waals surface area contributed by atoms with Crippen LogP contribution in [0.3, 0.4) is 0 Å². The lowest BCUT2D eigenvalue weighted by Gasteiger charge is -2.08. The van der Waals surface area contributed by atoms with E-state index in [0.717, 1.165) is 5.69 Å². The summed E-state index contributed by atoms with van der Waals surface area (Å²) in [6.45, 7) is 4.67. The first-order valence-electron chi connectivity index (χ1n) is 5.99. The smallest absolute Gasteiger partial charge is 0.224 e. The Morgan fingerprint density at radius 2 is 2.16 bits per heavy atom. The van der Waals surface area contributed by atoms with E-state index in [0.29, 0.717) is 36.5 Å². The fourth-order valence-corrected chi connectivity index (χ4v) is 1.49. The van der Waals surface area contributed by atoms with E-state index < -0.39 is 0 Å². The van der Waals surface area contributed by atoms with Gasteiger partial charge in [-0.15, -0.1) is 0 Å². The van der Waals surface area contributed by atoms with Crippen molar-refractivity contribution in [2.75, 3.05) is 12.3 Å². The molecule has 0 amide bonds. The van der Waals surface area contributed by atoms with Gasteiger partial charge in [-0.25, -0.2) is 4.98 Å². The molecule has 0 atom stereocenters. The van der Waals surface area contributed by atoms with Gasteiger partial charge in [-0.3, -0.25) is 4.98 Å². The van der Waals surface area contributed by atoms with Crippen LogP contribution >= 0.6 is 0 Å². The average Bonchev–Trinajstić information content (AvgIpc) is 2.38. The van der Waals surface area contributed by atoms with Gasteiger partial charge in [0.05, 0.1) is 5.69 Å². The van der Waals surface area contributed by atoms with Crippen LogP contribution in [0.5, 0.6) is 11.6 Å². The third-order valence-electron chi connectivity index (χ3n) is 2.38. The molecule has 0 aliphatic carbocycles. The maximum Gasteiger partial charge on any atom is 0.224 e. The molecule has 0 saturated heterocycles. The van der Waals surface area contributed by atoms with Crippen molar-refractivity contribution in [2.24, 2.45) is 0 Å². The van der Waals surface area contributed by atoms with Crippen LogP contribution in [0.25, 0.3) is 0 Å². The summed E-state index contributed by atoms with van der Waals surface area (Å²) in [5.74, 6) is 1.88. The van der Waals surface area contributed by atoms with Gasteiger partial charge in [0.25, 0.3) is 0 Å². The Labute approximate surface area is 111 Å². The van der Waals surface area contributed by atoms with Crippen LogP contribution in [-0.2, 0) is 11.3 Å². The topological polar surface area (TPSA) is 83.2 Å². The van der Waals surface area contributed by atoms with Crippen LogP contribution < -0.4 is 10.5 Å². The van der Waals surface area contributed by atoms with E-state index >= 15 is 0 Å². The second kappa shape index (κ2) is 6.10. The van der Waals surface area contributed by atoms with Crippen molar-refractivity contribution in [3.05, 3.63) is 35.9 Å². The van der Waals surface area contributed by atoms with E-state index in [2.05, 4.69) is 15.0 Å². The van der Waals surface area contributed by atoms with Crippen molar-refractivity contribution in [2.45, 2.75) is 20.5 Å². The van der Waals surface area contributed by atoms with Gasteiger partial charge in [0.1, 0.15) is 12.4 Å². The van der Waals surface area contributed by atoms with E-state index in [1.165, 1.54) is 0 Å². The third-order valence-corrected chi connectivity index (χ3v) is 2.38. The molecule has 0 fully saturated rings. The highest BCUT2D eigenvalue weighted by molar-refractivity contribution is 5.36. The Hall–Kier alpha value is -2.21. The molecule has 0 radical (unpaired) electrons. The Kier molecular flexibility index (Phi) is 4.25. The second-order valence-electron chi connectivity index (χ2n) is 3.87. The zero-order chi connectivity index (χ0) is 13.7. The maximum absolute atomic E-state index is 5.72. The number of aromatic nitrogens is 3. The van der Waals surface area contributed by atoms with E-state index in [9.17, 15) is 0 Å². The van der Waals surface area contributed by atoms with Gasteiger partial charge < -0.3 is 15.2 Å². The number of ether oxygens (including phenoxy) is 2. The van der Waals surface area contributed by atoms with Gasteiger partial charge in [-0.2, -0.15) is 4.98 Å². The minimum Gasteiger partial charge on any atom is -0.437 e. The monoisotopic (exact) mass is 260 g/mol. The molecule has 0 spiro atoms. The predicted molar refractivity (Wildman–Crippen MR) is 70.8 cm³/mol. The summed E-state index contributed by atoms with van der Waals surface area (Å²) in [4.78, 5) is 12.5. The molecule has 2 N–H and O–H groups in total. The molecular weight excluding hydrogens is 244 g/mol. The first-order chi connectivity index (χ1) is 9.19. The van der Waals surface area contributed by atoms with Crippen LogP contribution in [-0.4, -0.2) is 21.6 Å². The van der Waals surface area contributed by atoms with Crippen LogP contribution in [0.4, 0.5) is 5.82 Å². The van der Waals surface area contributed by atoms with Gasteiger partial charge in [0.15, 0.2) is 11.6 Å². The lowest BCUT2D eigenvalue weighted by atomic mass is 10.3. The molecule has 0 bridgehead atoms. The van der Waals surface area contributed by atoms with Gasteiger partial charge in [-0.1, -0.05) is 0 Å². The zero-order valence-electron chi connectivity index (χ0n) is 11.0. The Morgan fingerprint density at radius 3 is 2.89 bits per heavy atom. The number of rotatable bonds is 5. The Bertz CT molecular complexity index is 560. The molecule has 19 heavy (non-hydrogen) atoms. The van der Waals surface area contributed by atoms with Gasteiger partial charge in [0.2, 0.25) is 5.88 Å². The van der Waals surface area contributed by atoms with Crippen molar-refractivity contribution >= 4 is 5.82 Å². The number of pyridine rings is 1. The van der Waals surface area contributed by atoms with Gasteiger partial charge in [0, 0.05) is 18.9 Å². The van der Waals surface area contributed by atoms with Crippen LogP contribution in [0.1, 0.15) is 18.4 Å². The van der Waals surface area contributed by atoms with Crippen LogP contribution in [0.2, 0.25) is 0 Å². The molecular formula is C13H16N4O2. The molecule has 0 aliphatic heterocycles. The summed E-state index contributed by atoms with van der Waals surface area (Å²) in [7, 11) is 0. The molecule has 0 aromatic carbocycles. The molecule has 0 saturated carbocycles. The summed E-state index contributed by atoms with van der Waals surface area (Å²) >= 11 is 0. The number of hydrogen-bond donors (Lipinski definition) is 1. The van der Waals surface area contributed by atoms with Crippen LogP contribution in [0, 0.1) is 6.92 Å². The van der Waals surface area contributed by atoms with Gasteiger partial charge >= 0.3 is 0 Å². The fraction of sp³-hybridized carbons (Fsp3) is 0.308. The minimum atomic E-state index is 0.309. The molecule has 2 aromatic rings. The summed E-state index contributed by atoms with van der Waals surface area (Å²) in [6, 6.07) is 5.19. The number of anilines is 1. The largest absolute Gasteiger partial charge is 0.437 e. The Morgan fingerprint density at radius 1 is 1.32 bits per heavy atom. The molecule has 100 valence electrons. The SMILES string of the molecule is CCOCc1nc(N)cc(Oc2cccnc2C)n1. The second-order valence-corrected chi connectivity index (χ2v) is 3.87. The molecule has 0 unspecified atom stereocenters. The third kappa shape index (κ3) is 3.62. The van der Waals surface area contributed by atoms with E-state index in [1.54, 1.807) is 18.3 Å².